The van der Waals surface area contributed by atoms with Gasteiger partial charge in [0.25, 0.3) is 0 Å². The molecule has 0 aliphatic carbocycles. The van der Waals surface area contributed by atoms with E-state index in [1.54, 1.807) is 13.3 Å². The van der Waals surface area contributed by atoms with E-state index in [0.717, 1.165) is 20.5 Å². The lowest BCUT2D eigenvalue weighted by Gasteiger charge is -2.02. The molecule has 0 saturated carbocycles. The molecule has 0 N–H and O–H groups in total. The minimum atomic E-state index is 0.790. The number of imidazole rings is 1. The Balaban J connectivity index is 2.80. The molecule has 0 radical (unpaired) electrons. The monoisotopic (exact) mass is 304 g/mol. The number of hydrogen-bond acceptors (Lipinski definition) is 2. The van der Waals surface area contributed by atoms with E-state index in [9.17, 15) is 0 Å². The van der Waals surface area contributed by atoms with Crippen molar-refractivity contribution in [3.63, 3.8) is 0 Å². The van der Waals surface area contributed by atoms with E-state index in [2.05, 4.69) is 36.8 Å². The molecule has 2 aromatic heterocycles. The Kier molecular flexibility index (Phi) is 2.29. The molecule has 0 aliphatic rings. The maximum atomic E-state index is 5.13. The quantitative estimate of drug-likeness (QED) is 0.810. The van der Waals surface area contributed by atoms with Crippen LogP contribution in [0.3, 0.4) is 0 Å². The third kappa shape index (κ3) is 1.46. The van der Waals surface area contributed by atoms with E-state index >= 15 is 0 Å². The van der Waals surface area contributed by atoms with Crippen molar-refractivity contribution in [1.82, 2.24) is 9.38 Å². The SMILES string of the molecule is COc1cc(Br)c2ncc(Br)n2c1. The van der Waals surface area contributed by atoms with Gasteiger partial charge in [-0.3, -0.25) is 4.40 Å². The fourth-order valence-corrected chi connectivity index (χ4v) is 2.00. The van der Waals surface area contributed by atoms with Crippen molar-refractivity contribution >= 4 is 37.5 Å². The van der Waals surface area contributed by atoms with Gasteiger partial charge in [-0.1, -0.05) is 0 Å². The van der Waals surface area contributed by atoms with E-state index < -0.39 is 0 Å². The number of pyridine rings is 1. The van der Waals surface area contributed by atoms with Crippen molar-refractivity contribution < 1.29 is 4.74 Å². The van der Waals surface area contributed by atoms with E-state index in [4.69, 9.17) is 4.74 Å². The lowest BCUT2D eigenvalue weighted by molar-refractivity contribution is 0.412. The van der Waals surface area contributed by atoms with Gasteiger partial charge >= 0.3 is 0 Å². The molecule has 0 aromatic carbocycles. The van der Waals surface area contributed by atoms with Crippen molar-refractivity contribution in [2.75, 3.05) is 7.11 Å². The molecule has 0 fully saturated rings. The maximum Gasteiger partial charge on any atom is 0.152 e. The summed E-state index contributed by atoms with van der Waals surface area (Å²) in [6.07, 6.45) is 3.62. The Morgan fingerprint density at radius 3 is 2.92 bits per heavy atom. The van der Waals surface area contributed by atoms with E-state index in [1.165, 1.54) is 0 Å². The molecular weight excluding hydrogens is 300 g/mol. The smallest absolute Gasteiger partial charge is 0.152 e. The van der Waals surface area contributed by atoms with Crippen LogP contribution in [0.2, 0.25) is 0 Å². The molecule has 0 aliphatic heterocycles. The summed E-state index contributed by atoms with van der Waals surface area (Å²) in [5.74, 6) is 0.790. The van der Waals surface area contributed by atoms with Crippen LogP contribution in [0.4, 0.5) is 0 Å². The normalized spacial score (nSPS) is 10.7. The van der Waals surface area contributed by atoms with Crippen LogP contribution in [0.15, 0.2) is 27.5 Å². The first-order valence-corrected chi connectivity index (χ1v) is 5.17. The zero-order valence-corrected chi connectivity index (χ0v) is 9.96. The average molecular weight is 306 g/mol. The number of nitrogens with zero attached hydrogens (tertiary/aromatic N) is 2. The number of rotatable bonds is 1. The summed E-state index contributed by atoms with van der Waals surface area (Å²) in [6, 6.07) is 1.88. The summed E-state index contributed by atoms with van der Waals surface area (Å²) in [4.78, 5) is 4.21. The van der Waals surface area contributed by atoms with Gasteiger partial charge in [-0.25, -0.2) is 4.98 Å². The highest BCUT2D eigenvalue weighted by atomic mass is 79.9. The van der Waals surface area contributed by atoms with Crippen molar-refractivity contribution in [3.05, 3.63) is 27.5 Å². The largest absolute Gasteiger partial charge is 0.495 e. The van der Waals surface area contributed by atoms with Crippen LogP contribution >= 0.6 is 31.9 Å². The predicted molar refractivity (Wildman–Crippen MR) is 57.1 cm³/mol. The van der Waals surface area contributed by atoms with Gasteiger partial charge < -0.3 is 4.74 Å². The van der Waals surface area contributed by atoms with Gasteiger partial charge in [-0.05, 0) is 37.9 Å². The summed E-state index contributed by atoms with van der Waals surface area (Å²) >= 11 is 6.81. The molecule has 2 aromatic rings. The number of hydrogen-bond donors (Lipinski definition) is 0. The van der Waals surface area contributed by atoms with Crippen molar-refractivity contribution in [2.45, 2.75) is 0 Å². The van der Waals surface area contributed by atoms with Crippen LogP contribution < -0.4 is 4.74 Å². The number of fused-ring (bicyclic) bond motifs is 1. The number of ether oxygens (including phenoxy) is 1. The topological polar surface area (TPSA) is 26.5 Å². The second-order valence-electron chi connectivity index (χ2n) is 2.50. The zero-order chi connectivity index (χ0) is 9.42. The second-order valence-corrected chi connectivity index (χ2v) is 4.17. The van der Waals surface area contributed by atoms with E-state index in [1.807, 2.05) is 16.7 Å². The summed E-state index contributed by atoms with van der Waals surface area (Å²) in [5, 5.41) is 0. The average Bonchev–Trinajstić information content (AvgIpc) is 2.48. The van der Waals surface area contributed by atoms with Crippen LogP contribution in [0, 0.1) is 0 Å². The summed E-state index contributed by atoms with van der Waals surface area (Å²) in [5.41, 5.74) is 0.868. The number of aromatic nitrogens is 2. The molecule has 2 rings (SSSR count). The van der Waals surface area contributed by atoms with Gasteiger partial charge in [0.1, 0.15) is 10.4 Å². The Bertz CT molecular complexity index is 453. The van der Waals surface area contributed by atoms with Gasteiger partial charge in [-0.15, -0.1) is 0 Å². The van der Waals surface area contributed by atoms with Crippen LogP contribution in [-0.2, 0) is 0 Å². The minimum Gasteiger partial charge on any atom is -0.495 e. The van der Waals surface area contributed by atoms with Gasteiger partial charge in [0.2, 0.25) is 0 Å². The molecule has 0 saturated heterocycles. The molecule has 5 heteroatoms. The van der Waals surface area contributed by atoms with Crippen molar-refractivity contribution in [3.8, 4) is 5.75 Å². The minimum absolute atomic E-state index is 0.790. The number of methoxy groups -OCH3 is 1. The summed E-state index contributed by atoms with van der Waals surface area (Å²) < 4.78 is 8.85. The molecule has 3 nitrogen and oxygen atoms in total. The Morgan fingerprint density at radius 2 is 2.23 bits per heavy atom. The molecule has 68 valence electrons. The maximum absolute atomic E-state index is 5.13. The highest BCUT2D eigenvalue weighted by molar-refractivity contribution is 9.11. The lowest BCUT2D eigenvalue weighted by atomic mass is 10.4. The van der Waals surface area contributed by atoms with E-state index in [0.29, 0.717) is 0 Å². The molecule has 0 bridgehead atoms. The third-order valence-corrected chi connectivity index (χ3v) is 2.90. The van der Waals surface area contributed by atoms with Gasteiger partial charge in [-0.2, -0.15) is 0 Å². The van der Waals surface area contributed by atoms with Crippen molar-refractivity contribution in [1.29, 1.82) is 0 Å². The molecular formula is C8H6Br2N2O. The molecule has 13 heavy (non-hydrogen) atoms. The molecule has 0 amide bonds. The second kappa shape index (κ2) is 3.31. The fourth-order valence-electron chi connectivity index (χ4n) is 1.11. The predicted octanol–water partition coefficient (Wildman–Crippen LogP) is 2.87. The van der Waals surface area contributed by atoms with Gasteiger partial charge in [0, 0.05) is 0 Å². The van der Waals surface area contributed by atoms with Crippen LogP contribution in [-0.4, -0.2) is 16.5 Å². The van der Waals surface area contributed by atoms with E-state index in [-0.39, 0.29) is 0 Å². The molecule has 2 heterocycles. The molecule has 0 atom stereocenters. The Morgan fingerprint density at radius 1 is 1.46 bits per heavy atom. The highest BCUT2D eigenvalue weighted by Gasteiger charge is 2.05. The summed E-state index contributed by atoms with van der Waals surface area (Å²) in [6.45, 7) is 0. The van der Waals surface area contributed by atoms with Crippen LogP contribution in [0.5, 0.6) is 5.75 Å². The standard InChI is InChI=1S/C8H6Br2N2O/c1-13-5-2-6(9)8-11-3-7(10)12(8)4-5/h2-4H,1H3. The lowest BCUT2D eigenvalue weighted by Crippen LogP contribution is -1.90. The fraction of sp³-hybridized carbons (Fsp3) is 0.125. The summed E-state index contributed by atoms with van der Waals surface area (Å²) in [7, 11) is 1.64. The first kappa shape index (κ1) is 9.02. The van der Waals surface area contributed by atoms with Crippen molar-refractivity contribution in [2.24, 2.45) is 0 Å². The van der Waals surface area contributed by atoms with Gasteiger partial charge in [0.05, 0.1) is 24.0 Å². The molecule has 0 unspecified atom stereocenters. The Hall–Kier alpha value is -0.550. The third-order valence-electron chi connectivity index (χ3n) is 1.73. The number of halogens is 2. The highest BCUT2D eigenvalue weighted by Crippen LogP contribution is 2.25. The zero-order valence-electron chi connectivity index (χ0n) is 6.79. The Labute approximate surface area is 92.0 Å². The van der Waals surface area contributed by atoms with Gasteiger partial charge in [0.15, 0.2) is 5.65 Å². The molecule has 0 spiro atoms. The van der Waals surface area contributed by atoms with Crippen LogP contribution in [0.1, 0.15) is 0 Å². The van der Waals surface area contributed by atoms with Crippen LogP contribution in [0.25, 0.3) is 5.65 Å². The first-order valence-electron chi connectivity index (χ1n) is 3.58. The first-order chi connectivity index (χ1) is 6.22.